The van der Waals surface area contributed by atoms with Gasteiger partial charge in [-0.15, -0.1) is 0 Å². The van der Waals surface area contributed by atoms with Crippen molar-refractivity contribution in [1.29, 1.82) is 0 Å². The van der Waals surface area contributed by atoms with E-state index in [9.17, 15) is 13.2 Å². The molecule has 0 spiro atoms. The molecule has 1 aliphatic heterocycles. The van der Waals surface area contributed by atoms with Crippen molar-refractivity contribution in [1.82, 2.24) is 4.90 Å². The van der Waals surface area contributed by atoms with Gasteiger partial charge in [-0.25, -0.2) is 8.42 Å². The molecular formula is C23H30N2O5S. The summed E-state index contributed by atoms with van der Waals surface area (Å²) in [7, 11) is -0.712. The number of ether oxygens (including phenoxy) is 2. The van der Waals surface area contributed by atoms with Crippen LogP contribution in [0.3, 0.4) is 0 Å². The normalized spacial score (nSPS) is 14.9. The maximum absolute atomic E-state index is 13.0. The number of sulfonamides is 1. The molecule has 0 atom stereocenters. The minimum Gasteiger partial charge on any atom is -0.497 e. The molecule has 7 nitrogen and oxygen atoms in total. The number of carbonyl (C=O) groups is 1. The molecule has 0 bridgehead atoms. The van der Waals surface area contributed by atoms with Crippen LogP contribution in [0, 0.1) is 5.92 Å². The summed E-state index contributed by atoms with van der Waals surface area (Å²) >= 11 is 0. The van der Waals surface area contributed by atoms with Crippen LogP contribution < -0.4 is 13.8 Å². The van der Waals surface area contributed by atoms with Crippen LogP contribution in [0.25, 0.3) is 0 Å². The standard InChI is InChI=1S/C23H30N2O5S/c1-29-20-9-10-21(22(16-20)30-2)25(31(3,27)28)17-23(26)24-13-11-19(12-14-24)15-18-7-5-4-6-8-18/h4-10,16,19H,11-15,17H2,1-3H3. The van der Waals surface area contributed by atoms with Crippen molar-refractivity contribution >= 4 is 21.6 Å². The summed E-state index contributed by atoms with van der Waals surface area (Å²) in [6.07, 6.45) is 3.91. The van der Waals surface area contributed by atoms with Gasteiger partial charge in [0.1, 0.15) is 18.0 Å². The summed E-state index contributed by atoms with van der Waals surface area (Å²) in [5, 5.41) is 0. The molecular weight excluding hydrogens is 416 g/mol. The highest BCUT2D eigenvalue weighted by Crippen LogP contribution is 2.33. The van der Waals surface area contributed by atoms with Crippen LogP contribution in [0.5, 0.6) is 11.5 Å². The fourth-order valence-corrected chi connectivity index (χ4v) is 4.78. The summed E-state index contributed by atoms with van der Waals surface area (Å²) in [6.45, 7) is 1.01. The third kappa shape index (κ3) is 5.91. The maximum Gasteiger partial charge on any atom is 0.243 e. The summed E-state index contributed by atoms with van der Waals surface area (Å²) in [5.41, 5.74) is 1.63. The Hall–Kier alpha value is -2.74. The number of anilines is 1. The minimum atomic E-state index is -3.69. The molecule has 3 rings (SSSR count). The van der Waals surface area contributed by atoms with Gasteiger partial charge in [0.15, 0.2) is 0 Å². The van der Waals surface area contributed by atoms with Gasteiger partial charge < -0.3 is 14.4 Å². The van der Waals surface area contributed by atoms with Gasteiger partial charge in [0.2, 0.25) is 15.9 Å². The average Bonchev–Trinajstić information content (AvgIpc) is 2.77. The Balaban J connectivity index is 1.67. The van der Waals surface area contributed by atoms with E-state index < -0.39 is 10.0 Å². The van der Waals surface area contributed by atoms with Crippen molar-refractivity contribution in [3.05, 3.63) is 54.1 Å². The fraction of sp³-hybridized carbons (Fsp3) is 0.435. The molecule has 1 heterocycles. The zero-order valence-electron chi connectivity index (χ0n) is 18.3. The predicted octanol–water partition coefficient (Wildman–Crippen LogP) is 2.95. The number of carbonyl (C=O) groups excluding carboxylic acids is 1. The maximum atomic E-state index is 13.0. The molecule has 2 aromatic carbocycles. The third-order valence-electron chi connectivity index (χ3n) is 5.67. The number of piperidine rings is 1. The molecule has 1 saturated heterocycles. The molecule has 168 valence electrons. The number of rotatable bonds is 8. The minimum absolute atomic E-state index is 0.207. The molecule has 2 aromatic rings. The van der Waals surface area contributed by atoms with Crippen molar-refractivity contribution in [2.45, 2.75) is 19.3 Å². The number of benzene rings is 2. The lowest BCUT2D eigenvalue weighted by Gasteiger charge is -2.34. The lowest BCUT2D eigenvalue weighted by Crippen LogP contribution is -2.46. The Morgan fingerprint density at radius 3 is 2.32 bits per heavy atom. The second-order valence-electron chi connectivity index (χ2n) is 7.82. The molecule has 0 N–H and O–H groups in total. The van der Waals surface area contributed by atoms with Crippen molar-refractivity contribution in [2.24, 2.45) is 5.92 Å². The zero-order chi connectivity index (χ0) is 22.4. The zero-order valence-corrected chi connectivity index (χ0v) is 19.1. The van der Waals surface area contributed by atoms with Crippen LogP contribution in [-0.2, 0) is 21.2 Å². The smallest absolute Gasteiger partial charge is 0.243 e. The van der Waals surface area contributed by atoms with Crippen LogP contribution in [0.4, 0.5) is 5.69 Å². The first-order chi connectivity index (χ1) is 14.8. The van der Waals surface area contributed by atoms with Gasteiger partial charge in [0, 0.05) is 19.2 Å². The second kappa shape index (κ2) is 10.0. The van der Waals surface area contributed by atoms with Crippen molar-refractivity contribution in [2.75, 3.05) is 44.4 Å². The van der Waals surface area contributed by atoms with Gasteiger partial charge in [-0.05, 0) is 42.9 Å². The molecule has 31 heavy (non-hydrogen) atoms. The van der Waals surface area contributed by atoms with Crippen molar-refractivity contribution in [3.8, 4) is 11.5 Å². The number of amides is 1. The van der Waals surface area contributed by atoms with Gasteiger partial charge in [0.05, 0.1) is 26.2 Å². The SMILES string of the molecule is COc1ccc(N(CC(=O)N2CCC(Cc3ccccc3)CC2)S(C)(=O)=O)c(OC)c1. The number of methoxy groups -OCH3 is 2. The van der Waals surface area contributed by atoms with Crippen LogP contribution in [0.15, 0.2) is 48.5 Å². The summed E-state index contributed by atoms with van der Waals surface area (Å²) in [5.74, 6) is 1.20. The van der Waals surface area contributed by atoms with Gasteiger partial charge in [0.25, 0.3) is 0 Å². The topological polar surface area (TPSA) is 76.2 Å². The fourth-order valence-electron chi connectivity index (χ4n) is 3.93. The number of hydrogen-bond acceptors (Lipinski definition) is 5. The molecule has 1 aliphatic rings. The molecule has 0 aliphatic carbocycles. The second-order valence-corrected chi connectivity index (χ2v) is 9.73. The molecule has 0 saturated carbocycles. The summed E-state index contributed by atoms with van der Waals surface area (Å²) < 4.78 is 36.6. The van der Waals surface area contributed by atoms with Crippen LogP contribution in [0.1, 0.15) is 18.4 Å². The van der Waals surface area contributed by atoms with Crippen LogP contribution >= 0.6 is 0 Å². The average molecular weight is 447 g/mol. The van der Waals surface area contributed by atoms with E-state index >= 15 is 0 Å². The van der Waals surface area contributed by atoms with E-state index in [1.165, 1.54) is 19.8 Å². The number of likely N-dealkylation sites (tertiary alicyclic amines) is 1. The molecule has 0 unspecified atom stereocenters. The molecule has 8 heteroatoms. The van der Waals surface area contributed by atoms with E-state index in [0.29, 0.717) is 36.2 Å². The lowest BCUT2D eigenvalue weighted by atomic mass is 9.90. The molecule has 0 radical (unpaired) electrons. The molecule has 1 fully saturated rings. The molecule has 0 aromatic heterocycles. The van der Waals surface area contributed by atoms with Crippen molar-refractivity contribution < 1.29 is 22.7 Å². The monoisotopic (exact) mass is 446 g/mol. The highest BCUT2D eigenvalue weighted by Gasteiger charge is 2.29. The quantitative estimate of drug-likeness (QED) is 0.623. The van der Waals surface area contributed by atoms with E-state index in [-0.39, 0.29) is 12.5 Å². The highest BCUT2D eigenvalue weighted by molar-refractivity contribution is 7.92. The Morgan fingerprint density at radius 1 is 1.06 bits per heavy atom. The summed E-state index contributed by atoms with van der Waals surface area (Å²) in [6, 6.07) is 15.2. The Kier molecular flexibility index (Phi) is 7.43. The van der Waals surface area contributed by atoms with Crippen LogP contribution in [0.2, 0.25) is 0 Å². The largest absolute Gasteiger partial charge is 0.497 e. The van der Waals surface area contributed by atoms with E-state index in [1.807, 2.05) is 18.2 Å². The van der Waals surface area contributed by atoms with E-state index in [0.717, 1.165) is 29.8 Å². The lowest BCUT2D eigenvalue weighted by molar-refractivity contribution is -0.130. The number of hydrogen-bond donors (Lipinski definition) is 0. The number of nitrogens with zero attached hydrogens (tertiary/aromatic N) is 2. The van der Waals surface area contributed by atoms with Crippen molar-refractivity contribution in [3.63, 3.8) is 0 Å². The van der Waals surface area contributed by atoms with Gasteiger partial charge in [-0.3, -0.25) is 9.10 Å². The highest BCUT2D eigenvalue weighted by atomic mass is 32.2. The van der Waals surface area contributed by atoms with Gasteiger partial charge in [-0.2, -0.15) is 0 Å². The first kappa shape index (κ1) is 22.9. The third-order valence-corrected chi connectivity index (χ3v) is 6.80. The van der Waals surface area contributed by atoms with Crippen LogP contribution in [-0.4, -0.2) is 59.3 Å². The first-order valence-electron chi connectivity index (χ1n) is 10.3. The Labute approximate surface area is 184 Å². The Bertz CT molecular complexity index is 986. The Morgan fingerprint density at radius 2 is 1.74 bits per heavy atom. The van der Waals surface area contributed by atoms with E-state index in [4.69, 9.17) is 9.47 Å². The first-order valence-corrected chi connectivity index (χ1v) is 12.2. The predicted molar refractivity (Wildman–Crippen MR) is 121 cm³/mol. The van der Waals surface area contributed by atoms with Gasteiger partial charge >= 0.3 is 0 Å². The molecule has 1 amide bonds. The van der Waals surface area contributed by atoms with Gasteiger partial charge in [-0.1, -0.05) is 30.3 Å². The summed E-state index contributed by atoms with van der Waals surface area (Å²) in [4.78, 5) is 14.7. The van der Waals surface area contributed by atoms with E-state index in [2.05, 4.69) is 12.1 Å². The van der Waals surface area contributed by atoms with E-state index in [1.54, 1.807) is 23.1 Å².